The van der Waals surface area contributed by atoms with Crippen LogP contribution in [0.5, 0.6) is 0 Å². The van der Waals surface area contributed by atoms with Gasteiger partial charge in [0.05, 0.1) is 5.41 Å². The number of thioether (sulfide) groups is 1. The van der Waals surface area contributed by atoms with Gasteiger partial charge in [-0.25, -0.2) is 0 Å². The molecule has 0 aliphatic carbocycles. The molecule has 0 saturated heterocycles. The lowest BCUT2D eigenvalue weighted by Crippen LogP contribution is -2.39. The zero-order valence-corrected chi connectivity index (χ0v) is 10.8. The normalized spacial score (nSPS) is 11.4. The van der Waals surface area contributed by atoms with Crippen LogP contribution in [0.4, 0.5) is 0 Å². The Balaban J connectivity index is 3.54. The predicted octanol–water partition coefficient (Wildman–Crippen LogP) is 2.51. The first-order valence-electron chi connectivity index (χ1n) is 4.96. The fourth-order valence-electron chi connectivity index (χ4n) is 0.783. The Morgan fingerprint density at radius 3 is 2.57 bits per heavy atom. The second-order valence-electron chi connectivity index (χ2n) is 3.89. The highest BCUT2D eigenvalue weighted by Gasteiger charge is 2.25. The van der Waals surface area contributed by atoms with Gasteiger partial charge in [-0.1, -0.05) is 6.92 Å². The summed E-state index contributed by atoms with van der Waals surface area (Å²) in [7, 11) is 0. The van der Waals surface area contributed by atoms with Crippen molar-refractivity contribution in [1.82, 2.24) is 5.32 Å². The Labute approximate surface area is 96.2 Å². The molecule has 1 N–H and O–H groups in total. The summed E-state index contributed by atoms with van der Waals surface area (Å²) in [4.78, 5) is 11.5. The number of hydrogen-bond acceptors (Lipinski definition) is 2. The Bertz CT molecular complexity index is 174. The topological polar surface area (TPSA) is 29.1 Å². The minimum Gasteiger partial charge on any atom is -0.355 e. The monoisotopic (exact) mass is 237 g/mol. The van der Waals surface area contributed by atoms with Gasteiger partial charge < -0.3 is 5.32 Å². The van der Waals surface area contributed by atoms with E-state index in [-0.39, 0.29) is 5.91 Å². The molecule has 0 aliphatic rings. The lowest BCUT2D eigenvalue weighted by Gasteiger charge is -2.20. The van der Waals surface area contributed by atoms with Crippen molar-refractivity contribution in [2.24, 2.45) is 5.41 Å². The highest BCUT2D eigenvalue weighted by molar-refractivity contribution is 7.99. The molecule has 0 fully saturated rings. The predicted molar refractivity (Wildman–Crippen MR) is 65.1 cm³/mol. The van der Waals surface area contributed by atoms with Crippen LogP contribution in [0.1, 0.15) is 27.2 Å². The van der Waals surface area contributed by atoms with Crippen LogP contribution in [0.25, 0.3) is 0 Å². The minimum absolute atomic E-state index is 0.0459. The van der Waals surface area contributed by atoms with Gasteiger partial charge in [0.25, 0.3) is 0 Å². The first-order chi connectivity index (χ1) is 6.54. The molecule has 0 unspecified atom stereocenters. The Morgan fingerprint density at radius 2 is 2.07 bits per heavy atom. The van der Waals surface area contributed by atoms with E-state index in [0.717, 1.165) is 18.1 Å². The smallest absolute Gasteiger partial charge is 0.226 e. The average molecular weight is 238 g/mol. The third-order valence-corrected chi connectivity index (χ3v) is 3.69. The first-order valence-corrected chi connectivity index (χ1v) is 6.65. The van der Waals surface area contributed by atoms with Gasteiger partial charge in [-0.15, -0.1) is 11.6 Å². The number of halogens is 1. The minimum atomic E-state index is -0.447. The second-order valence-corrected chi connectivity index (χ2v) is 5.38. The van der Waals surface area contributed by atoms with Crippen molar-refractivity contribution in [3.05, 3.63) is 0 Å². The van der Waals surface area contributed by atoms with Gasteiger partial charge in [0, 0.05) is 18.2 Å². The van der Waals surface area contributed by atoms with Gasteiger partial charge in [-0.2, -0.15) is 11.8 Å². The fourth-order valence-corrected chi connectivity index (χ4v) is 1.64. The SMILES string of the molecule is CCCSCCNC(=O)C(C)(C)CCl. The van der Waals surface area contributed by atoms with E-state index in [1.165, 1.54) is 6.42 Å². The van der Waals surface area contributed by atoms with Crippen LogP contribution in [0.15, 0.2) is 0 Å². The van der Waals surface area contributed by atoms with Crippen LogP contribution < -0.4 is 5.32 Å². The third-order valence-electron chi connectivity index (χ3n) is 1.83. The van der Waals surface area contributed by atoms with E-state index in [0.29, 0.717) is 5.88 Å². The molecule has 1 amide bonds. The standard InChI is InChI=1S/C10H20ClNOS/c1-4-6-14-7-5-12-9(13)10(2,3)8-11/h4-8H2,1-3H3,(H,12,13). The molecule has 0 rings (SSSR count). The summed E-state index contributed by atoms with van der Waals surface area (Å²) >= 11 is 7.55. The van der Waals surface area contributed by atoms with Gasteiger partial charge in [0.15, 0.2) is 0 Å². The lowest BCUT2D eigenvalue weighted by molar-refractivity contribution is -0.128. The molecule has 0 aromatic heterocycles. The van der Waals surface area contributed by atoms with Crippen molar-refractivity contribution in [3.8, 4) is 0 Å². The third kappa shape index (κ3) is 5.76. The number of rotatable bonds is 7. The van der Waals surface area contributed by atoms with Crippen molar-refractivity contribution < 1.29 is 4.79 Å². The Kier molecular flexibility index (Phi) is 7.47. The van der Waals surface area contributed by atoms with Crippen LogP contribution in [-0.2, 0) is 4.79 Å². The van der Waals surface area contributed by atoms with E-state index in [1.807, 2.05) is 25.6 Å². The first kappa shape index (κ1) is 14.1. The van der Waals surface area contributed by atoms with Crippen LogP contribution in [0.3, 0.4) is 0 Å². The molecule has 0 saturated carbocycles. The molecule has 0 heterocycles. The quantitative estimate of drug-likeness (QED) is 0.545. The van der Waals surface area contributed by atoms with Gasteiger partial charge >= 0.3 is 0 Å². The van der Waals surface area contributed by atoms with E-state index in [1.54, 1.807) is 0 Å². The van der Waals surface area contributed by atoms with Crippen molar-refractivity contribution in [2.45, 2.75) is 27.2 Å². The van der Waals surface area contributed by atoms with Crippen LogP contribution in [0.2, 0.25) is 0 Å². The Hall–Kier alpha value is 0.110. The maximum absolute atomic E-state index is 11.5. The number of carbonyl (C=O) groups excluding carboxylic acids is 1. The molecule has 84 valence electrons. The molecule has 0 aromatic rings. The fraction of sp³-hybridized carbons (Fsp3) is 0.900. The molecule has 0 bridgehead atoms. The maximum Gasteiger partial charge on any atom is 0.226 e. The van der Waals surface area contributed by atoms with Crippen molar-refractivity contribution >= 4 is 29.3 Å². The molecular formula is C10H20ClNOS. The average Bonchev–Trinajstić information content (AvgIpc) is 2.17. The molecule has 0 aliphatic heterocycles. The van der Waals surface area contributed by atoms with Crippen LogP contribution in [0, 0.1) is 5.41 Å². The summed E-state index contributed by atoms with van der Waals surface area (Å²) in [5, 5.41) is 2.89. The molecule has 0 atom stereocenters. The summed E-state index contributed by atoms with van der Waals surface area (Å²) in [6, 6.07) is 0. The van der Waals surface area contributed by atoms with E-state index in [2.05, 4.69) is 12.2 Å². The number of hydrogen-bond donors (Lipinski definition) is 1. The van der Waals surface area contributed by atoms with Gasteiger partial charge in [-0.05, 0) is 26.0 Å². The molecule has 0 radical (unpaired) electrons. The van der Waals surface area contributed by atoms with E-state index >= 15 is 0 Å². The summed E-state index contributed by atoms with van der Waals surface area (Å²) in [6.45, 7) is 6.61. The highest BCUT2D eigenvalue weighted by atomic mass is 35.5. The molecule has 2 nitrogen and oxygen atoms in total. The summed E-state index contributed by atoms with van der Waals surface area (Å²) in [6.07, 6.45) is 1.19. The van der Waals surface area contributed by atoms with E-state index < -0.39 is 5.41 Å². The van der Waals surface area contributed by atoms with E-state index in [4.69, 9.17) is 11.6 Å². The van der Waals surface area contributed by atoms with Crippen molar-refractivity contribution in [2.75, 3.05) is 23.9 Å². The second kappa shape index (κ2) is 7.41. The molecule has 0 spiro atoms. The van der Waals surface area contributed by atoms with Gasteiger partial charge in [-0.3, -0.25) is 4.79 Å². The number of carbonyl (C=O) groups is 1. The summed E-state index contributed by atoms with van der Waals surface area (Å²) in [5.41, 5.74) is -0.447. The van der Waals surface area contributed by atoms with Crippen LogP contribution >= 0.6 is 23.4 Å². The van der Waals surface area contributed by atoms with E-state index in [9.17, 15) is 4.79 Å². The van der Waals surface area contributed by atoms with Gasteiger partial charge in [0.1, 0.15) is 0 Å². The number of amides is 1. The molecule has 4 heteroatoms. The maximum atomic E-state index is 11.5. The molecular weight excluding hydrogens is 218 g/mol. The number of nitrogens with one attached hydrogen (secondary N) is 1. The molecule has 14 heavy (non-hydrogen) atoms. The zero-order chi connectivity index (χ0) is 11.0. The largest absolute Gasteiger partial charge is 0.355 e. The zero-order valence-electron chi connectivity index (χ0n) is 9.23. The summed E-state index contributed by atoms with van der Waals surface area (Å²) in [5.74, 6) is 2.55. The highest BCUT2D eigenvalue weighted by Crippen LogP contribution is 2.16. The number of alkyl halides is 1. The lowest BCUT2D eigenvalue weighted by atomic mass is 9.95. The summed E-state index contributed by atoms with van der Waals surface area (Å²) < 4.78 is 0. The van der Waals surface area contributed by atoms with Crippen molar-refractivity contribution in [1.29, 1.82) is 0 Å². The van der Waals surface area contributed by atoms with Crippen LogP contribution in [-0.4, -0.2) is 29.8 Å². The Morgan fingerprint density at radius 1 is 1.43 bits per heavy atom. The molecule has 0 aromatic carbocycles. The van der Waals surface area contributed by atoms with Gasteiger partial charge in [0.2, 0.25) is 5.91 Å². The van der Waals surface area contributed by atoms with Crippen molar-refractivity contribution in [3.63, 3.8) is 0 Å².